The summed E-state index contributed by atoms with van der Waals surface area (Å²) < 4.78 is 0. The Bertz CT molecular complexity index is 21.3. The van der Waals surface area contributed by atoms with E-state index in [1.165, 1.54) is 0 Å². The zero-order chi connectivity index (χ0) is 8.12. The van der Waals surface area contributed by atoms with Gasteiger partial charge in [-0.25, -0.2) is 0 Å². The minimum atomic E-state index is -0.472. The van der Waals surface area contributed by atoms with Gasteiger partial charge in [0.1, 0.15) is 0 Å². The number of halogens is 2. The Morgan fingerprint density at radius 2 is 0.889 bits per heavy atom. The molecular weight excluding hydrogens is 569 g/mol. The Balaban J connectivity index is -0.0000000600. The van der Waals surface area contributed by atoms with Gasteiger partial charge in [0.15, 0.2) is 0 Å². The molecule has 0 aliphatic rings. The van der Waals surface area contributed by atoms with Gasteiger partial charge in [0, 0.05) is 0 Å². The first-order chi connectivity index (χ1) is 4.24. The van der Waals surface area contributed by atoms with Crippen LogP contribution in [0.1, 0.15) is 0 Å². The van der Waals surface area contributed by atoms with E-state index in [0.29, 0.717) is 41.8 Å². The van der Waals surface area contributed by atoms with E-state index in [4.69, 9.17) is 18.8 Å². The normalized spacial score (nSPS) is 6.44. The molecule has 0 rings (SSSR count). The van der Waals surface area contributed by atoms with Gasteiger partial charge in [0.05, 0.1) is 0 Å². The Hall–Kier alpha value is 2.85. The van der Waals surface area contributed by atoms with Crippen molar-refractivity contribution in [3.63, 3.8) is 0 Å². The van der Waals surface area contributed by atoms with Crippen LogP contribution in [0.3, 0.4) is 0 Å². The van der Waals surface area contributed by atoms with E-state index < -0.39 is 16.5 Å². The Morgan fingerprint density at radius 3 is 0.889 bits per heavy atom. The molecule has 0 saturated carbocycles. The third-order valence-corrected chi connectivity index (χ3v) is 0. The molecule has 0 aromatic heterocycles. The fourth-order valence-electron chi connectivity index (χ4n) is 0. The quantitative estimate of drug-likeness (QED) is 0.387. The van der Waals surface area contributed by atoms with Crippen molar-refractivity contribution in [3.05, 3.63) is 0 Å². The molecule has 0 aromatic carbocycles. The molecule has 0 unspecified atom stereocenters. The second-order valence-corrected chi connectivity index (χ2v) is 8.81. The van der Waals surface area contributed by atoms with Crippen LogP contribution in [0.4, 0.5) is 0 Å². The molecule has 0 aliphatic carbocycles. The average Bonchev–Trinajstić information content (AvgIpc) is 1.70. The van der Waals surface area contributed by atoms with E-state index in [1.807, 2.05) is 0 Å². The van der Waals surface area contributed by atoms with Crippen LogP contribution in [-0.2, 0) is 16.5 Å². The molecule has 0 aliphatic heterocycles. The summed E-state index contributed by atoms with van der Waals surface area (Å²) in [6.45, 7) is 0. The van der Waals surface area contributed by atoms with Crippen molar-refractivity contribution < 1.29 is 16.5 Å². The van der Waals surface area contributed by atoms with Gasteiger partial charge in [-0.3, -0.25) is 0 Å². The Labute approximate surface area is 95.4 Å². The van der Waals surface area contributed by atoms with Crippen LogP contribution in [0.25, 0.3) is 0 Å². The van der Waals surface area contributed by atoms with Gasteiger partial charge in [-0.1, -0.05) is 0 Å². The van der Waals surface area contributed by atoms with Crippen molar-refractivity contribution in [1.29, 1.82) is 0 Å². The van der Waals surface area contributed by atoms with Crippen molar-refractivity contribution in [2.75, 3.05) is 0 Å². The van der Waals surface area contributed by atoms with E-state index in [2.05, 4.69) is 19.9 Å². The Kier molecular flexibility index (Phi) is 60.9. The summed E-state index contributed by atoms with van der Waals surface area (Å²) in [5.41, 5.74) is 0. The number of rotatable bonds is 0. The molecule has 0 aromatic rings. The fraction of sp³-hybridized carbons (Fsp3) is 1.00. The maximum absolute atomic E-state index is 4.88. The van der Waals surface area contributed by atoms with Crippen LogP contribution < -0.4 is 0 Å². The summed E-state index contributed by atoms with van der Waals surface area (Å²) in [5, 5.41) is 0. The van der Waals surface area contributed by atoms with Gasteiger partial charge in [-0.2, -0.15) is 0 Å². The molecule has 0 spiro atoms. The van der Waals surface area contributed by atoms with Crippen molar-refractivity contribution in [3.8, 4) is 0 Å². The van der Waals surface area contributed by atoms with E-state index in [0.717, 1.165) is 0 Å². The third-order valence-electron chi connectivity index (χ3n) is 0. The number of hydrogen-bond donors (Lipinski definition) is 0. The molecule has 5 heteroatoms. The van der Waals surface area contributed by atoms with Crippen LogP contribution in [0.5, 0.6) is 0 Å². The molecule has 0 radical (unpaired) electrons. The first-order valence-electron chi connectivity index (χ1n) is 1.87. The second-order valence-electron chi connectivity index (χ2n) is 0.862. The predicted molar refractivity (Wildman–Crippen MR) is 46.7 cm³/mol. The Morgan fingerprint density at radius 1 is 0.889 bits per heavy atom. The minimum absolute atomic E-state index is 0.470. The van der Waals surface area contributed by atoms with E-state index in [9.17, 15) is 0 Å². The summed E-state index contributed by atoms with van der Waals surface area (Å²) in [4.78, 5) is 9.02. The van der Waals surface area contributed by atoms with Gasteiger partial charge >= 0.3 is 97.0 Å². The molecule has 0 atom stereocenters. The topological polar surface area (TPSA) is 0 Å². The first-order valence-corrected chi connectivity index (χ1v) is 16.8. The summed E-state index contributed by atoms with van der Waals surface area (Å²) in [6, 6.07) is 0. The van der Waals surface area contributed by atoms with Crippen molar-refractivity contribution >= 4 is 60.7 Å². The van der Waals surface area contributed by atoms with E-state index in [1.54, 1.807) is 0 Å². The zero-order valence-electron chi connectivity index (χ0n) is 5.89. The fourth-order valence-corrected chi connectivity index (χ4v) is 0. The number of hydrogen-bond acceptors (Lipinski definition) is 0. The first kappa shape index (κ1) is 17.8. The molecule has 9 heavy (non-hydrogen) atoms. The van der Waals surface area contributed by atoms with Crippen molar-refractivity contribution in [1.82, 2.24) is 0 Å². The SMILES string of the molecule is C[Te]C.C[Te]C.[Cl][Pt][Cl]. The molecule has 0 N–H and O–H groups in total. The van der Waals surface area contributed by atoms with Crippen LogP contribution in [0.15, 0.2) is 0 Å². The van der Waals surface area contributed by atoms with Crippen LogP contribution in [0, 0.1) is 0 Å². The summed E-state index contributed by atoms with van der Waals surface area (Å²) in [6.07, 6.45) is 0. The maximum atomic E-state index is 4.88. The molecule has 0 saturated heterocycles. The molecule has 64 valence electrons. The van der Waals surface area contributed by atoms with Crippen LogP contribution in [0.2, 0.25) is 19.9 Å². The van der Waals surface area contributed by atoms with Gasteiger partial charge in [0.25, 0.3) is 0 Å². The molecule has 0 nitrogen and oxygen atoms in total. The molecule has 0 fully saturated rings. The van der Waals surface area contributed by atoms with Gasteiger partial charge < -0.3 is 0 Å². The van der Waals surface area contributed by atoms with E-state index in [-0.39, 0.29) is 0 Å². The summed E-state index contributed by atoms with van der Waals surface area (Å²) >= 11 is 0.468. The average molecular weight is 581 g/mol. The van der Waals surface area contributed by atoms with Crippen molar-refractivity contribution in [2.24, 2.45) is 0 Å². The molecule has 0 bridgehead atoms. The van der Waals surface area contributed by atoms with E-state index >= 15 is 0 Å². The van der Waals surface area contributed by atoms with Gasteiger partial charge in [-0.15, -0.1) is 0 Å². The molecule has 0 heterocycles. The van der Waals surface area contributed by atoms with Crippen LogP contribution in [-0.4, -0.2) is 41.8 Å². The standard InChI is InChI=1S/2C2H6Te.2ClH.Pt/c2*1-3-2;;;/h2*1-2H3;2*1H;/q;;;;+2/p-2. The second kappa shape index (κ2) is 30.8. The predicted octanol–water partition coefficient (Wildman–Crippen LogP) is 2.95. The van der Waals surface area contributed by atoms with Gasteiger partial charge in [0.2, 0.25) is 0 Å². The van der Waals surface area contributed by atoms with Crippen LogP contribution >= 0.6 is 18.8 Å². The third kappa shape index (κ3) is 105. The van der Waals surface area contributed by atoms with Gasteiger partial charge in [-0.05, 0) is 0 Å². The monoisotopic (exact) mass is 585 g/mol. The molecule has 0 amide bonds. The zero-order valence-corrected chi connectivity index (χ0v) is 14.3. The summed E-state index contributed by atoms with van der Waals surface area (Å²) in [5.74, 6) is 0. The summed E-state index contributed by atoms with van der Waals surface area (Å²) in [7, 11) is 9.75. The van der Waals surface area contributed by atoms with Crippen molar-refractivity contribution in [2.45, 2.75) is 19.9 Å². The molecular formula is C4H12Cl2PtTe2.